The zero-order valence-corrected chi connectivity index (χ0v) is 11.6. The Bertz CT molecular complexity index is 297. The Hall–Kier alpha value is -1.10. The molecule has 1 aliphatic carbocycles. The van der Waals surface area contributed by atoms with Crippen LogP contribution in [0.1, 0.15) is 33.1 Å². The van der Waals surface area contributed by atoms with Gasteiger partial charge in [-0.15, -0.1) is 0 Å². The van der Waals surface area contributed by atoms with Crippen LogP contribution >= 0.6 is 0 Å². The molecule has 1 fully saturated rings. The first-order valence-electron chi connectivity index (χ1n) is 6.71. The Morgan fingerprint density at radius 3 is 2.56 bits per heavy atom. The first kappa shape index (κ1) is 15.0. The highest BCUT2D eigenvalue weighted by Gasteiger charge is 2.31. The second-order valence-corrected chi connectivity index (χ2v) is 5.42. The van der Waals surface area contributed by atoms with Crippen LogP contribution in [-0.4, -0.2) is 42.9 Å². The fraction of sp³-hybridized carbons (Fsp3) is 0.846. The van der Waals surface area contributed by atoms with E-state index in [1.807, 2.05) is 6.92 Å². The van der Waals surface area contributed by atoms with Crippen LogP contribution < -0.4 is 11.1 Å². The van der Waals surface area contributed by atoms with Crippen LogP contribution in [0.25, 0.3) is 0 Å². The highest BCUT2D eigenvalue weighted by atomic mass is 16.2. The van der Waals surface area contributed by atoms with Crippen LogP contribution in [0.5, 0.6) is 0 Å². The van der Waals surface area contributed by atoms with Crippen LogP contribution in [0.2, 0.25) is 0 Å². The summed E-state index contributed by atoms with van der Waals surface area (Å²) in [6.45, 7) is 4.71. The lowest BCUT2D eigenvalue weighted by molar-refractivity contribution is -0.139. The smallest absolute Gasteiger partial charge is 0.239 e. The maximum atomic E-state index is 12.2. The summed E-state index contributed by atoms with van der Waals surface area (Å²) in [7, 11) is 1.68. The van der Waals surface area contributed by atoms with Gasteiger partial charge in [0.05, 0.1) is 6.54 Å². The molecule has 3 unspecified atom stereocenters. The Kier molecular flexibility index (Phi) is 5.59. The van der Waals surface area contributed by atoms with Gasteiger partial charge in [-0.05, 0) is 32.1 Å². The summed E-state index contributed by atoms with van der Waals surface area (Å²) < 4.78 is 0. The molecule has 18 heavy (non-hydrogen) atoms. The molecule has 0 aromatic carbocycles. The van der Waals surface area contributed by atoms with E-state index < -0.39 is 0 Å². The largest absolute Gasteiger partial charge is 0.355 e. The Morgan fingerprint density at radius 1 is 1.33 bits per heavy atom. The van der Waals surface area contributed by atoms with Crippen molar-refractivity contribution in [3.05, 3.63) is 0 Å². The van der Waals surface area contributed by atoms with Gasteiger partial charge in [-0.2, -0.15) is 0 Å². The van der Waals surface area contributed by atoms with Crippen LogP contribution in [0.4, 0.5) is 0 Å². The zero-order chi connectivity index (χ0) is 13.7. The number of nitrogens with one attached hydrogen (secondary N) is 1. The third-order valence-electron chi connectivity index (χ3n) is 3.46. The molecule has 0 saturated heterocycles. The maximum absolute atomic E-state index is 12.2. The molecule has 0 aromatic rings. The predicted octanol–water partition coefficient (Wildman–Crippen LogP) is 0.344. The molecule has 0 aromatic heterocycles. The molecule has 1 rings (SSSR count). The fourth-order valence-corrected chi connectivity index (χ4v) is 2.72. The van der Waals surface area contributed by atoms with Crippen LogP contribution in [0.3, 0.4) is 0 Å². The maximum Gasteiger partial charge on any atom is 0.239 e. The van der Waals surface area contributed by atoms with Gasteiger partial charge in [-0.25, -0.2) is 0 Å². The minimum absolute atomic E-state index is 0.0248. The highest BCUT2D eigenvalue weighted by molar-refractivity contribution is 5.85. The number of nitrogens with two attached hydrogens (primary N) is 1. The van der Waals surface area contributed by atoms with E-state index in [1.54, 1.807) is 7.05 Å². The van der Waals surface area contributed by atoms with Crippen LogP contribution in [-0.2, 0) is 9.59 Å². The second kappa shape index (κ2) is 6.73. The van der Waals surface area contributed by atoms with Gasteiger partial charge in [0.15, 0.2) is 0 Å². The number of amides is 2. The number of rotatable bonds is 4. The van der Waals surface area contributed by atoms with E-state index in [0.717, 1.165) is 19.3 Å². The number of hydrogen-bond donors (Lipinski definition) is 2. The van der Waals surface area contributed by atoms with Crippen molar-refractivity contribution in [2.75, 3.05) is 20.1 Å². The number of carbonyl (C=O) groups excluding carboxylic acids is 2. The van der Waals surface area contributed by atoms with Crippen LogP contribution in [0.15, 0.2) is 0 Å². The molecular weight excluding hydrogens is 230 g/mol. The molecule has 1 saturated carbocycles. The summed E-state index contributed by atoms with van der Waals surface area (Å²) in [6, 6.07) is 0.112. The van der Waals surface area contributed by atoms with Crippen molar-refractivity contribution in [2.24, 2.45) is 17.6 Å². The van der Waals surface area contributed by atoms with E-state index >= 15 is 0 Å². The summed E-state index contributed by atoms with van der Waals surface area (Å²) in [5.74, 6) is 0.397. The third kappa shape index (κ3) is 4.29. The molecule has 3 N–H and O–H groups in total. The van der Waals surface area contributed by atoms with E-state index in [9.17, 15) is 9.59 Å². The average Bonchev–Trinajstić information content (AvgIpc) is 2.26. The second-order valence-electron chi connectivity index (χ2n) is 5.42. The number of likely N-dealkylation sites (N-methyl/N-ethyl adjacent to an activating group) is 2. The van der Waals surface area contributed by atoms with Crippen molar-refractivity contribution >= 4 is 11.8 Å². The van der Waals surface area contributed by atoms with Gasteiger partial charge in [0, 0.05) is 25.6 Å². The molecule has 5 heteroatoms. The summed E-state index contributed by atoms with van der Waals surface area (Å²) >= 11 is 0. The van der Waals surface area contributed by atoms with Gasteiger partial charge in [-0.3, -0.25) is 9.59 Å². The molecule has 2 amide bonds. The SMILES string of the molecule is CCNC(=O)CN(C)C(=O)C1CC(C)CC(N)C1. The normalized spacial score (nSPS) is 27.7. The number of nitrogens with zero attached hydrogens (tertiary/aromatic N) is 1. The highest BCUT2D eigenvalue weighted by Crippen LogP contribution is 2.29. The molecule has 0 aliphatic heterocycles. The molecule has 0 heterocycles. The standard InChI is InChI=1S/C13H25N3O2/c1-4-15-12(17)8-16(3)13(18)10-5-9(2)6-11(14)7-10/h9-11H,4-8,14H2,1-3H3,(H,15,17). The average molecular weight is 255 g/mol. The van der Waals surface area contributed by atoms with Crippen molar-refractivity contribution in [3.63, 3.8) is 0 Å². The summed E-state index contributed by atoms with van der Waals surface area (Å²) in [5, 5.41) is 2.69. The number of carbonyl (C=O) groups is 2. The summed E-state index contributed by atoms with van der Waals surface area (Å²) in [6.07, 6.45) is 2.61. The molecule has 5 nitrogen and oxygen atoms in total. The molecule has 3 atom stereocenters. The lowest BCUT2D eigenvalue weighted by Crippen LogP contribution is -2.44. The van der Waals surface area contributed by atoms with E-state index in [2.05, 4.69) is 12.2 Å². The van der Waals surface area contributed by atoms with Crippen molar-refractivity contribution in [2.45, 2.75) is 39.2 Å². The van der Waals surface area contributed by atoms with Crippen molar-refractivity contribution in [1.29, 1.82) is 0 Å². The van der Waals surface area contributed by atoms with Crippen molar-refractivity contribution in [1.82, 2.24) is 10.2 Å². The predicted molar refractivity (Wildman–Crippen MR) is 70.8 cm³/mol. The fourth-order valence-electron chi connectivity index (χ4n) is 2.72. The third-order valence-corrected chi connectivity index (χ3v) is 3.46. The van der Waals surface area contributed by atoms with Gasteiger partial charge >= 0.3 is 0 Å². The molecule has 104 valence electrons. The lowest BCUT2D eigenvalue weighted by Gasteiger charge is -2.32. The minimum atomic E-state index is -0.110. The van der Waals surface area contributed by atoms with E-state index in [0.29, 0.717) is 12.5 Å². The van der Waals surface area contributed by atoms with Crippen LogP contribution in [0, 0.1) is 11.8 Å². The number of hydrogen-bond acceptors (Lipinski definition) is 3. The first-order chi connectivity index (χ1) is 8.43. The molecular formula is C13H25N3O2. The molecule has 0 radical (unpaired) electrons. The quantitative estimate of drug-likeness (QED) is 0.761. The van der Waals surface area contributed by atoms with Gasteiger partial charge in [0.1, 0.15) is 0 Å². The Labute approximate surface area is 109 Å². The Balaban J connectivity index is 2.49. The molecule has 1 aliphatic rings. The van der Waals surface area contributed by atoms with E-state index in [1.165, 1.54) is 4.90 Å². The van der Waals surface area contributed by atoms with E-state index in [-0.39, 0.29) is 30.3 Å². The Morgan fingerprint density at radius 2 is 2.00 bits per heavy atom. The van der Waals surface area contributed by atoms with E-state index in [4.69, 9.17) is 5.73 Å². The zero-order valence-electron chi connectivity index (χ0n) is 11.6. The molecule has 0 spiro atoms. The lowest BCUT2D eigenvalue weighted by atomic mass is 9.79. The van der Waals surface area contributed by atoms with Gasteiger partial charge in [0.2, 0.25) is 11.8 Å². The topological polar surface area (TPSA) is 75.4 Å². The van der Waals surface area contributed by atoms with Crippen molar-refractivity contribution < 1.29 is 9.59 Å². The molecule has 0 bridgehead atoms. The van der Waals surface area contributed by atoms with Gasteiger partial charge in [-0.1, -0.05) is 6.92 Å². The van der Waals surface area contributed by atoms with Gasteiger partial charge < -0.3 is 16.0 Å². The summed E-state index contributed by atoms with van der Waals surface area (Å²) in [4.78, 5) is 25.2. The van der Waals surface area contributed by atoms with Crippen molar-refractivity contribution in [3.8, 4) is 0 Å². The first-order valence-corrected chi connectivity index (χ1v) is 6.71. The minimum Gasteiger partial charge on any atom is -0.355 e. The monoisotopic (exact) mass is 255 g/mol. The summed E-state index contributed by atoms with van der Waals surface area (Å²) in [5.41, 5.74) is 5.95. The van der Waals surface area contributed by atoms with Gasteiger partial charge in [0.25, 0.3) is 0 Å².